The van der Waals surface area contributed by atoms with Gasteiger partial charge in [0, 0.05) is 18.1 Å². The SMILES string of the molecule is CC[C@@H]1C[C@]2(CN1C(=O)OC(C)(C)C)CC1(CC1)NC2=O. The molecular formula is C16H26N2O3. The highest BCUT2D eigenvalue weighted by Gasteiger charge is 2.63. The molecule has 0 bridgehead atoms. The Labute approximate surface area is 126 Å². The summed E-state index contributed by atoms with van der Waals surface area (Å²) in [5, 5.41) is 3.17. The summed E-state index contributed by atoms with van der Waals surface area (Å²) in [4.78, 5) is 26.7. The van der Waals surface area contributed by atoms with E-state index in [9.17, 15) is 9.59 Å². The van der Waals surface area contributed by atoms with Crippen LogP contribution in [-0.4, -0.2) is 40.6 Å². The summed E-state index contributed by atoms with van der Waals surface area (Å²) in [5.74, 6) is 0.143. The molecular weight excluding hydrogens is 268 g/mol. The van der Waals surface area contributed by atoms with Gasteiger partial charge < -0.3 is 15.0 Å². The van der Waals surface area contributed by atoms with Crippen molar-refractivity contribution in [1.82, 2.24) is 10.2 Å². The number of likely N-dealkylation sites (tertiary alicyclic amines) is 1. The molecule has 0 aromatic carbocycles. The van der Waals surface area contributed by atoms with Crippen LogP contribution in [0.1, 0.15) is 59.8 Å². The van der Waals surface area contributed by atoms with Crippen LogP contribution in [0.5, 0.6) is 0 Å². The van der Waals surface area contributed by atoms with E-state index in [4.69, 9.17) is 4.74 Å². The van der Waals surface area contributed by atoms with E-state index in [-0.39, 0.29) is 29.0 Å². The smallest absolute Gasteiger partial charge is 0.410 e. The van der Waals surface area contributed by atoms with Gasteiger partial charge in [0.25, 0.3) is 0 Å². The van der Waals surface area contributed by atoms with Gasteiger partial charge in [-0.15, -0.1) is 0 Å². The van der Waals surface area contributed by atoms with Crippen molar-refractivity contribution in [1.29, 1.82) is 0 Å². The van der Waals surface area contributed by atoms with Crippen LogP contribution < -0.4 is 5.32 Å². The largest absolute Gasteiger partial charge is 0.444 e. The highest BCUT2D eigenvalue weighted by Crippen LogP contribution is 2.55. The van der Waals surface area contributed by atoms with Gasteiger partial charge in [0.15, 0.2) is 0 Å². The number of amides is 2. The standard InChI is InChI=1S/C16H26N2O3/c1-5-11-8-15(9-16(6-7-16)17-12(15)19)10-18(11)13(20)21-14(2,3)4/h11H,5-10H2,1-4H3,(H,17,19)/t11-,15-/m1/s1. The van der Waals surface area contributed by atoms with Gasteiger partial charge >= 0.3 is 6.09 Å². The highest BCUT2D eigenvalue weighted by atomic mass is 16.6. The van der Waals surface area contributed by atoms with Crippen molar-refractivity contribution < 1.29 is 14.3 Å². The summed E-state index contributed by atoms with van der Waals surface area (Å²) in [7, 11) is 0. The summed E-state index contributed by atoms with van der Waals surface area (Å²) >= 11 is 0. The maximum atomic E-state index is 12.5. The molecule has 0 aromatic heterocycles. The lowest BCUT2D eigenvalue weighted by Crippen LogP contribution is -2.41. The zero-order valence-corrected chi connectivity index (χ0v) is 13.5. The van der Waals surface area contributed by atoms with Crippen LogP contribution in [0.25, 0.3) is 0 Å². The topological polar surface area (TPSA) is 58.6 Å². The Hall–Kier alpha value is -1.26. The Morgan fingerprint density at radius 1 is 1.43 bits per heavy atom. The van der Waals surface area contributed by atoms with Gasteiger partial charge in [0.2, 0.25) is 5.91 Å². The molecule has 3 rings (SSSR count). The van der Waals surface area contributed by atoms with Crippen LogP contribution in [0.15, 0.2) is 0 Å². The zero-order valence-electron chi connectivity index (χ0n) is 13.5. The van der Waals surface area contributed by atoms with Gasteiger partial charge in [-0.2, -0.15) is 0 Å². The van der Waals surface area contributed by atoms with Gasteiger partial charge in [-0.05, 0) is 52.9 Å². The quantitative estimate of drug-likeness (QED) is 0.808. The van der Waals surface area contributed by atoms with Gasteiger partial charge in [-0.1, -0.05) is 6.92 Å². The minimum absolute atomic E-state index is 0.0549. The van der Waals surface area contributed by atoms with Crippen LogP contribution in [0.3, 0.4) is 0 Å². The second-order valence-corrected chi connectivity index (χ2v) is 8.07. The van der Waals surface area contributed by atoms with Gasteiger partial charge in [0.05, 0.1) is 5.41 Å². The number of rotatable bonds is 1. The lowest BCUT2D eigenvalue weighted by atomic mass is 9.81. The first-order valence-electron chi connectivity index (χ1n) is 8.01. The predicted octanol–water partition coefficient (Wildman–Crippen LogP) is 2.44. The van der Waals surface area contributed by atoms with E-state index in [1.807, 2.05) is 20.8 Å². The lowest BCUT2D eigenvalue weighted by Gasteiger charge is -2.28. The Morgan fingerprint density at radius 3 is 2.57 bits per heavy atom. The maximum absolute atomic E-state index is 12.5. The number of carbonyl (C=O) groups is 2. The fourth-order valence-electron chi connectivity index (χ4n) is 3.87. The third-order valence-electron chi connectivity index (χ3n) is 5.03. The average Bonchev–Trinajstić information content (AvgIpc) is 2.89. The van der Waals surface area contributed by atoms with Crippen molar-refractivity contribution in [3.8, 4) is 0 Å². The number of ether oxygens (including phenoxy) is 1. The molecule has 2 aliphatic heterocycles. The second kappa shape index (κ2) is 4.37. The Bertz CT molecular complexity index is 478. The van der Waals surface area contributed by atoms with E-state index < -0.39 is 5.60 Å². The third kappa shape index (κ3) is 2.51. The van der Waals surface area contributed by atoms with Crippen LogP contribution in [0, 0.1) is 5.41 Å². The molecule has 1 aliphatic carbocycles. The Kier molecular flexibility index (Phi) is 3.05. The molecule has 3 aliphatic rings. The normalized spacial score (nSPS) is 33.6. The van der Waals surface area contributed by atoms with Crippen LogP contribution >= 0.6 is 0 Å². The first-order valence-corrected chi connectivity index (χ1v) is 8.01. The molecule has 3 fully saturated rings. The Balaban J connectivity index is 1.77. The number of carbonyl (C=O) groups excluding carboxylic acids is 2. The van der Waals surface area contributed by atoms with Crippen molar-refractivity contribution in [2.24, 2.45) is 5.41 Å². The first-order chi connectivity index (χ1) is 9.69. The van der Waals surface area contributed by atoms with E-state index in [2.05, 4.69) is 12.2 Å². The summed E-state index contributed by atoms with van der Waals surface area (Å²) < 4.78 is 5.51. The summed E-state index contributed by atoms with van der Waals surface area (Å²) in [6, 6.07) is 0.111. The summed E-state index contributed by atoms with van der Waals surface area (Å²) in [6.45, 7) is 8.20. The molecule has 118 valence electrons. The second-order valence-electron chi connectivity index (χ2n) is 8.07. The van der Waals surface area contributed by atoms with E-state index in [0.29, 0.717) is 6.54 Å². The molecule has 2 amide bonds. The molecule has 0 unspecified atom stereocenters. The van der Waals surface area contributed by atoms with E-state index in [0.717, 1.165) is 32.1 Å². The van der Waals surface area contributed by atoms with Crippen LogP contribution in [0.4, 0.5) is 4.79 Å². The minimum Gasteiger partial charge on any atom is -0.444 e. The lowest BCUT2D eigenvalue weighted by molar-refractivity contribution is -0.127. The third-order valence-corrected chi connectivity index (χ3v) is 5.03. The number of nitrogens with one attached hydrogen (secondary N) is 1. The first kappa shape index (κ1) is 14.7. The zero-order chi connectivity index (χ0) is 15.5. The highest BCUT2D eigenvalue weighted by molar-refractivity contribution is 5.88. The van der Waals surface area contributed by atoms with Crippen molar-refractivity contribution in [2.45, 2.75) is 77.0 Å². The number of nitrogens with zero attached hydrogens (tertiary/aromatic N) is 1. The van der Waals surface area contributed by atoms with Crippen molar-refractivity contribution in [3.05, 3.63) is 0 Å². The molecule has 2 heterocycles. The van der Waals surface area contributed by atoms with Crippen molar-refractivity contribution >= 4 is 12.0 Å². The molecule has 5 heteroatoms. The van der Waals surface area contributed by atoms with Crippen molar-refractivity contribution in [3.63, 3.8) is 0 Å². The molecule has 21 heavy (non-hydrogen) atoms. The maximum Gasteiger partial charge on any atom is 0.410 e. The van der Waals surface area contributed by atoms with Gasteiger partial charge in [0.1, 0.15) is 5.60 Å². The van der Waals surface area contributed by atoms with Gasteiger partial charge in [-0.25, -0.2) is 4.79 Å². The summed E-state index contributed by atoms with van der Waals surface area (Å²) in [6.07, 6.45) is 4.41. The van der Waals surface area contributed by atoms with Crippen molar-refractivity contribution in [2.75, 3.05) is 6.54 Å². The monoisotopic (exact) mass is 294 g/mol. The molecule has 1 N–H and O–H groups in total. The fraction of sp³-hybridized carbons (Fsp3) is 0.875. The Morgan fingerprint density at radius 2 is 2.10 bits per heavy atom. The van der Waals surface area contributed by atoms with E-state index in [1.54, 1.807) is 4.90 Å². The van der Waals surface area contributed by atoms with Crippen LogP contribution in [-0.2, 0) is 9.53 Å². The molecule has 5 nitrogen and oxygen atoms in total. The molecule has 2 saturated heterocycles. The minimum atomic E-state index is -0.499. The molecule has 1 saturated carbocycles. The molecule has 0 aromatic rings. The van der Waals surface area contributed by atoms with Crippen LogP contribution in [0.2, 0.25) is 0 Å². The summed E-state index contributed by atoms with van der Waals surface area (Å²) in [5.41, 5.74) is -0.825. The number of hydrogen-bond acceptors (Lipinski definition) is 3. The average molecular weight is 294 g/mol. The van der Waals surface area contributed by atoms with E-state index in [1.165, 1.54) is 0 Å². The van der Waals surface area contributed by atoms with E-state index >= 15 is 0 Å². The fourth-order valence-corrected chi connectivity index (χ4v) is 3.87. The molecule has 0 radical (unpaired) electrons. The molecule has 2 atom stereocenters. The number of hydrogen-bond donors (Lipinski definition) is 1. The van der Waals surface area contributed by atoms with Gasteiger partial charge in [-0.3, -0.25) is 4.79 Å². The molecule has 2 spiro atoms. The predicted molar refractivity (Wildman–Crippen MR) is 78.8 cm³/mol.